The second-order valence-electron chi connectivity index (χ2n) is 5.88. The second-order valence-corrected chi connectivity index (χ2v) is 8.84. The number of amides is 1. The van der Waals surface area contributed by atoms with Gasteiger partial charge in [0.1, 0.15) is 5.52 Å². The van der Waals surface area contributed by atoms with Crippen LogP contribution in [0.4, 0.5) is 0 Å². The number of hydrogen-bond donors (Lipinski definition) is 1. The molecule has 0 aromatic carbocycles. The maximum Gasteiger partial charge on any atom is 0.253 e. The molecule has 1 N–H and O–H groups in total. The van der Waals surface area contributed by atoms with Gasteiger partial charge in [-0.05, 0) is 17.5 Å². The maximum absolute atomic E-state index is 12.6. The van der Waals surface area contributed by atoms with Crippen LogP contribution in [-0.2, 0) is 17.1 Å². The monoisotopic (exact) mass is 377 g/mol. The van der Waals surface area contributed by atoms with Crippen molar-refractivity contribution in [3.8, 4) is 0 Å². The molecule has 1 atom stereocenters. The molecule has 4 heterocycles. The van der Waals surface area contributed by atoms with Gasteiger partial charge in [0, 0.05) is 31.7 Å². The predicted molar refractivity (Wildman–Crippen MR) is 92.9 cm³/mol. The molecular formula is C15H15N5O3S2. The van der Waals surface area contributed by atoms with Crippen LogP contribution < -0.4 is 5.32 Å². The van der Waals surface area contributed by atoms with Gasteiger partial charge in [0.2, 0.25) is 10.0 Å². The normalized spacial score (nSPS) is 19.7. The lowest BCUT2D eigenvalue weighted by molar-refractivity contribution is 0.0931. The highest BCUT2D eigenvalue weighted by Crippen LogP contribution is 2.35. The minimum absolute atomic E-state index is 0.195. The fourth-order valence-electron chi connectivity index (χ4n) is 2.88. The first-order valence-electron chi connectivity index (χ1n) is 7.49. The molecule has 4 rings (SSSR count). The van der Waals surface area contributed by atoms with Crippen molar-refractivity contribution < 1.29 is 13.2 Å². The molecule has 0 bridgehead atoms. The average Bonchev–Trinajstić information content (AvgIpc) is 3.20. The van der Waals surface area contributed by atoms with Gasteiger partial charge in [-0.2, -0.15) is 4.31 Å². The van der Waals surface area contributed by atoms with Crippen molar-refractivity contribution >= 4 is 38.4 Å². The van der Waals surface area contributed by atoms with Gasteiger partial charge in [0.15, 0.2) is 5.65 Å². The molecule has 1 unspecified atom stereocenters. The molecular weight excluding hydrogens is 362 g/mol. The Morgan fingerprint density at radius 2 is 2.16 bits per heavy atom. The summed E-state index contributed by atoms with van der Waals surface area (Å²) in [6.45, 7) is 0.195. The van der Waals surface area contributed by atoms with Crippen molar-refractivity contribution in [2.24, 2.45) is 7.05 Å². The lowest BCUT2D eigenvalue weighted by atomic mass is 10.2. The Hall–Kier alpha value is -2.30. The summed E-state index contributed by atoms with van der Waals surface area (Å²) in [7, 11) is -0.127. The predicted octanol–water partition coefficient (Wildman–Crippen LogP) is 1.13. The summed E-state index contributed by atoms with van der Waals surface area (Å²) in [5.41, 5.74) is 1.72. The molecule has 0 spiro atoms. The number of rotatable bonds is 2. The van der Waals surface area contributed by atoms with Crippen LogP contribution in [0.5, 0.6) is 0 Å². The average molecular weight is 377 g/mol. The lowest BCUT2D eigenvalue weighted by Gasteiger charge is -2.29. The van der Waals surface area contributed by atoms with E-state index < -0.39 is 16.1 Å². The number of likely N-dealkylation sites (N-methyl/N-ethyl adjacent to an activating group) is 1. The van der Waals surface area contributed by atoms with Gasteiger partial charge in [-0.1, -0.05) is 0 Å². The molecule has 25 heavy (non-hydrogen) atoms. The number of aromatic nitrogens is 3. The summed E-state index contributed by atoms with van der Waals surface area (Å²) in [5.74, 6) is -0.308. The van der Waals surface area contributed by atoms with E-state index in [-0.39, 0.29) is 17.3 Å². The Morgan fingerprint density at radius 1 is 1.36 bits per heavy atom. The molecule has 3 aromatic rings. The van der Waals surface area contributed by atoms with Crippen LogP contribution in [0.25, 0.3) is 11.2 Å². The van der Waals surface area contributed by atoms with Crippen LogP contribution in [0.15, 0.2) is 34.9 Å². The van der Waals surface area contributed by atoms with E-state index in [1.165, 1.54) is 28.9 Å². The van der Waals surface area contributed by atoms with Crippen molar-refractivity contribution in [2.45, 2.75) is 10.9 Å². The van der Waals surface area contributed by atoms with E-state index in [2.05, 4.69) is 15.3 Å². The minimum atomic E-state index is -3.47. The van der Waals surface area contributed by atoms with Crippen molar-refractivity contribution in [3.05, 3.63) is 40.5 Å². The van der Waals surface area contributed by atoms with Gasteiger partial charge in [0.25, 0.3) is 5.91 Å². The SMILES string of the molecule is CN1CC(NC(=O)c2cnc3c(c2)ncn3C)c2sccc2S1(=O)=O. The van der Waals surface area contributed by atoms with Crippen LogP contribution in [0.1, 0.15) is 21.3 Å². The van der Waals surface area contributed by atoms with Crippen molar-refractivity contribution in [1.29, 1.82) is 0 Å². The number of hydrogen-bond acceptors (Lipinski definition) is 6. The number of aryl methyl sites for hydroxylation is 1. The Labute approximate surface area is 148 Å². The minimum Gasteiger partial charge on any atom is -0.343 e. The number of nitrogens with one attached hydrogen (secondary N) is 1. The van der Waals surface area contributed by atoms with Gasteiger partial charge in [-0.25, -0.2) is 18.4 Å². The molecule has 1 amide bonds. The van der Waals surface area contributed by atoms with Crippen LogP contribution in [0.2, 0.25) is 0 Å². The zero-order valence-electron chi connectivity index (χ0n) is 13.5. The topological polar surface area (TPSA) is 97.2 Å². The van der Waals surface area contributed by atoms with Crippen molar-refractivity contribution in [3.63, 3.8) is 0 Å². The van der Waals surface area contributed by atoms with Gasteiger partial charge < -0.3 is 9.88 Å². The number of carbonyl (C=O) groups is 1. The highest BCUT2D eigenvalue weighted by Gasteiger charge is 2.36. The molecule has 0 saturated carbocycles. The summed E-state index contributed by atoms with van der Waals surface area (Å²) in [5, 5.41) is 4.63. The fourth-order valence-corrected chi connectivity index (χ4v) is 5.57. The molecule has 130 valence electrons. The van der Waals surface area contributed by atoms with E-state index in [1.54, 1.807) is 28.4 Å². The lowest BCUT2D eigenvalue weighted by Crippen LogP contribution is -2.42. The first-order valence-corrected chi connectivity index (χ1v) is 9.81. The Balaban J connectivity index is 1.64. The maximum atomic E-state index is 12.6. The highest BCUT2D eigenvalue weighted by atomic mass is 32.2. The Morgan fingerprint density at radius 3 is 2.96 bits per heavy atom. The molecule has 8 nitrogen and oxygen atoms in total. The molecule has 3 aromatic heterocycles. The molecule has 10 heteroatoms. The third-order valence-electron chi connectivity index (χ3n) is 4.22. The molecule has 1 aliphatic heterocycles. The van der Waals surface area contributed by atoms with Gasteiger partial charge >= 0.3 is 0 Å². The smallest absolute Gasteiger partial charge is 0.253 e. The molecule has 0 fully saturated rings. The van der Waals surface area contributed by atoms with E-state index in [9.17, 15) is 13.2 Å². The zero-order valence-corrected chi connectivity index (χ0v) is 15.1. The van der Waals surface area contributed by atoms with Crippen LogP contribution in [-0.4, -0.2) is 46.8 Å². The van der Waals surface area contributed by atoms with Crippen LogP contribution in [0.3, 0.4) is 0 Å². The zero-order chi connectivity index (χ0) is 17.8. The Kier molecular flexibility index (Phi) is 3.63. The number of sulfonamides is 1. The highest BCUT2D eigenvalue weighted by molar-refractivity contribution is 7.89. The van der Waals surface area contributed by atoms with Crippen LogP contribution in [0, 0.1) is 0 Å². The van der Waals surface area contributed by atoms with Gasteiger partial charge in [-0.3, -0.25) is 4.79 Å². The fraction of sp³-hybridized carbons (Fsp3) is 0.267. The molecule has 0 aliphatic carbocycles. The van der Waals surface area contributed by atoms with Crippen molar-refractivity contribution in [1.82, 2.24) is 24.2 Å². The number of pyridine rings is 1. The summed E-state index contributed by atoms with van der Waals surface area (Å²) in [6.07, 6.45) is 3.14. The summed E-state index contributed by atoms with van der Waals surface area (Å²) in [6, 6.07) is 2.86. The Bertz CT molecular complexity index is 1090. The summed E-state index contributed by atoms with van der Waals surface area (Å²) < 4.78 is 27.7. The number of fused-ring (bicyclic) bond motifs is 2. The third-order valence-corrected chi connectivity index (χ3v) is 7.26. The van der Waals surface area contributed by atoms with Crippen molar-refractivity contribution in [2.75, 3.05) is 13.6 Å². The number of imidazole rings is 1. The molecule has 0 saturated heterocycles. The third kappa shape index (κ3) is 2.53. The van der Waals surface area contributed by atoms with E-state index >= 15 is 0 Å². The first-order chi connectivity index (χ1) is 11.9. The first kappa shape index (κ1) is 16.2. The van der Waals surface area contributed by atoms with Crippen LogP contribution >= 0.6 is 11.3 Å². The quantitative estimate of drug-likeness (QED) is 0.722. The number of thiophene rings is 1. The molecule has 0 radical (unpaired) electrons. The van der Waals surface area contributed by atoms with E-state index in [4.69, 9.17) is 0 Å². The van der Waals surface area contributed by atoms with E-state index in [0.717, 1.165) is 0 Å². The summed E-state index contributed by atoms with van der Waals surface area (Å²) >= 11 is 1.33. The standard InChI is InChI=1S/C15H15N5O3S2/c1-19-8-17-10-5-9(6-16-14(10)19)15(21)18-11-7-20(2)25(22,23)12-3-4-24-13(11)12/h3-6,8,11H,7H2,1-2H3,(H,18,21). The number of nitrogens with zero attached hydrogens (tertiary/aromatic N) is 4. The largest absolute Gasteiger partial charge is 0.343 e. The van der Waals surface area contributed by atoms with E-state index in [0.29, 0.717) is 21.6 Å². The molecule has 1 aliphatic rings. The van der Waals surface area contributed by atoms with Gasteiger partial charge in [0.05, 0.1) is 22.8 Å². The summed E-state index contributed by atoms with van der Waals surface area (Å²) in [4.78, 5) is 22.0. The van der Waals surface area contributed by atoms with Gasteiger partial charge in [-0.15, -0.1) is 11.3 Å². The van der Waals surface area contributed by atoms with E-state index in [1.807, 2.05) is 7.05 Å². The number of carbonyl (C=O) groups excluding carboxylic acids is 1. The second kappa shape index (κ2) is 5.61.